The number of carbonyl (C=O) groups excluding carboxylic acids is 1. The van der Waals surface area contributed by atoms with E-state index in [9.17, 15) is 4.79 Å². The number of halogens is 1. The van der Waals surface area contributed by atoms with Crippen LogP contribution in [0.3, 0.4) is 0 Å². The van der Waals surface area contributed by atoms with Crippen LogP contribution in [-0.4, -0.2) is 43.7 Å². The lowest BCUT2D eigenvalue weighted by Crippen LogP contribution is -2.42. The van der Waals surface area contributed by atoms with Crippen LogP contribution in [0, 0.1) is 5.92 Å². The van der Waals surface area contributed by atoms with Crippen molar-refractivity contribution in [3.05, 3.63) is 35.4 Å². The molecule has 1 aliphatic heterocycles. The number of methoxy groups -OCH3 is 1. The van der Waals surface area contributed by atoms with Gasteiger partial charge in [0.15, 0.2) is 0 Å². The molecule has 0 unspecified atom stereocenters. The van der Waals surface area contributed by atoms with Gasteiger partial charge in [-0.1, -0.05) is 12.1 Å². The fourth-order valence-corrected chi connectivity index (χ4v) is 3.12. The summed E-state index contributed by atoms with van der Waals surface area (Å²) in [6.45, 7) is 4.39. The van der Waals surface area contributed by atoms with Gasteiger partial charge in [-0.3, -0.25) is 4.90 Å². The molecule has 5 heteroatoms. The molecule has 1 heterocycles. The van der Waals surface area contributed by atoms with E-state index < -0.39 is 0 Å². The van der Waals surface area contributed by atoms with Crippen molar-refractivity contribution in [3.63, 3.8) is 0 Å². The van der Waals surface area contributed by atoms with Gasteiger partial charge in [-0.2, -0.15) is 0 Å². The normalized spacial score (nSPS) is 19.2. The maximum Gasteiger partial charge on any atom is 0.337 e. The Hall–Kier alpha value is -1.10. The molecule has 4 nitrogen and oxygen atoms in total. The second-order valence-corrected chi connectivity index (χ2v) is 6.59. The minimum atomic E-state index is -0.259. The van der Waals surface area contributed by atoms with Gasteiger partial charge in [0.05, 0.1) is 12.7 Å². The third-order valence-electron chi connectivity index (χ3n) is 4.73. The van der Waals surface area contributed by atoms with E-state index in [2.05, 4.69) is 16.3 Å². The van der Waals surface area contributed by atoms with Crippen LogP contribution in [0.1, 0.15) is 41.6 Å². The van der Waals surface area contributed by atoms with Crippen molar-refractivity contribution < 1.29 is 9.53 Å². The number of nitrogens with one attached hydrogen (secondary N) is 1. The zero-order valence-corrected chi connectivity index (χ0v) is 14.6. The summed E-state index contributed by atoms with van der Waals surface area (Å²) in [6, 6.07) is 8.47. The predicted molar refractivity (Wildman–Crippen MR) is 94.1 cm³/mol. The Balaban J connectivity index is 0.00000192. The molecule has 0 spiro atoms. The van der Waals surface area contributed by atoms with E-state index in [1.807, 2.05) is 18.2 Å². The smallest absolute Gasteiger partial charge is 0.337 e. The summed E-state index contributed by atoms with van der Waals surface area (Å²) in [5.74, 6) is 0.698. The van der Waals surface area contributed by atoms with E-state index in [0.717, 1.165) is 25.6 Å². The SMILES string of the molecule is COC(=O)c1cccc(CN2CCC(NCC3CC3)CC2)c1.Cl. The molecule has 0 atom stereocenters. The largest absolute Gasteiger partial charge is 0.465 e. The summed E-state index contributed by atoms with van der Waals surface area (Å²) in [5.41, 5.74) is 1.83. The van der Waals surface area contributed by atoms with Gasteiger partial charge in [0.1, 0.15) is 0 Å². The second kappa shape index (κ2) is 8.67. The van der Waals surface area contributed by atoms with Crippen molar-refractivity contribution in [2.45, 2.75) is 38.3 Å². The van der Waals surface area contributed by atoms with Crippen molar-refractivity contribution in [1.29, 1.82) is 0 Å². The molecule has 1 aromatic carbocycles. The van der Waals surface area contributed by atoms with Crippen LogP contribution in [-0.2, 0) is 11.3 Å². The number of piperidine rings is 1. The van der Waals surface area contributed by atoms with Gasteiger partial charge in [0.2, 0.25) is 0 Å². The molecular formula is C18H27ClN2O2. The molecule has 2 fully saturated rings. The molecule has 23 heavy (non-hydrogen) atoms. The standard InChI is InChI=1S/C18H26N2O2.ClH/c1-22-18(21)16-4-2-3-15(11-16)13-20-9-7-17(8-10-20)19-12-14-5-6-14;/h2-4,11,14,17,19H,5-10,12-13H2,1H3;1H. The molecule has 1 saturated heterocycles. The van der Waals surface area contributed by atoms with Gasteiger partial charge in [-0.05, 0) is 68.9 Å². The summed E-state index contributed by atoms with van der Waals surface area (Å²) >= 11 is 0. The maximum atomic E-state index is 11.6. The van der Waals surface area contributed by atoms with Crippen LogP contribution in [0.15, 0.2) is 24.3 Å². The van der Waals surface area contributed by atoms with Crippen molar-refractivity contribution in [2.24, 2.45) is 5.92 Å². The molecule has 0 aromatic heterocycles. The minimum Gasteiger partial charge on any atom is -0.465 e. The van der Waals surface area contributed by atoms with Crippen LogP contribution in [0.2, 0.25) is 0 Å². The van der Waals surface area contributed by atoms with Crippen molar-refractivity contribution >= 4 is 18.4 Å². The number of ether oxygens (including phenoxy) is 1. The van der Waals surface area contributed by atoms with E-state index in [-0.39, 0.29) is 18.4 Å². The third-order valence-corrected chi connectivity index (χ3v) is 4.73. The summed E-state index contributed by atoms with van der Waals surface area (Å²) < 4.78 is 4.79. The van der Waals surface area contributed by atoms with Crippen molar-refractivity contribution in [2.75, 3.05) is 26.7 Å². The number of rotatable bonds is 6. The highest BCUT2D eigenvalue weighted by atomic mass is 35.5. The first-order valence-corrected chi connectivity index (χ1v) is 8.37. The van der Waals surface area contributed by atoms with E-state index in [4.69, 9.17) is 4.74 Å². The summed E-state index contributed by atoms with van der Waals surface area (Å²) in [6.07, 6.45) is 5.29. The number of benzene rings is 1. The Morgan fingerprint density at radius 3 is 2.65 bits per heavy atom. The Bertz CT molecular complexity index is 511. The van der Waals surface area contributed by atoms with Crippen LogP contribution >= 0.6 is 12.4 Å². The van der Waals surface area contributed by atoms with Gasteiger partial charge in [-0.25, -0.2) is 4.79 Å². The van der Waals surface area contributed by atoms with Gasteiger partial charge in [0, 0.05) is 12.6 Å². The number of hydrogen-bond donors (Lipinski definition) is 1. The topological polar surface area (TPSA) is 41.6 Å². The summed E-state index contributed by atoms with van der Waals surface area (Å²) in [4.78, 5) is 14.1. The van der Waals surface area contributed by atoms with Gasteiger partial charge in [0.25, 0.3) is 0 Å². The van der Waals surface area contributed by atoms with Crippen LogP contribution in [0.25, 0.3) is 0 Å². The predicted octanol–water partition coefficient (Wildman–Crippen LogP) is 2.86. The average Bonchev–Trinajstić information content (AvgIpc) is 3.38. The van der Waals surface area contributed by atoms with Gasteiger partial charge >= 0.3 is 5.97 Å². The zero-order chi connectivity index (χ0) is 15.4. The zero-order valence-electron chi connectivity index (χ0n) is 13.8. The number of esters is 1. The second-order valence-electron chi connectivity index (χ2n) is 6.59. The fourth-order valence-electron chi connectivity index (χ4n) is 3.12. The Kier molecular flexibility index (Phi) is 6.88. The van der Waals surface area contributed by atoms with Crippen molar-refractivity contribution in [1.82, 2.24) is 10.2 Å². The van der Waals surface area contributed by atoms with Crippen LogP contribution in [0.5, 0.6) is 0 Å². The molecule has 1 N–H and O–H groups in total. The molecule has 128 valence electrons. The quantitative estimate of drug-likeness (QED) is 0.810. The third kappa shape index (κ3) is 5.48. The Morgan fingerprint density at radius 2 is 2.00 bits per heavy atom. The molecule has 1 saturated carbocycles. The monoisotopic (exact) mass is 338 g/mol. The lowest BCUT2D eigenvalue weighted by atomic mass is 10.0. The molecule has 0 amide bonds. The fraction of sp³-hybridized carbons (Fsp3) is 0.611. The van der Waals surface area contributed by atoms with E-state index in [0.29, 0.717) is 11.6 Å². The average molecular weight is 339 g/mol. The lowest BCUT2D eigenvalue weighted by molar-refractivity contribution is 0.0600. The molecule has 3 rings (SSSR count). The van der Waals surface area contributed by atoms with Gasteiger partial charge in [-0.15, -0.1) is 12.4 Å². The number of nitrogens with zero attached hydrogens (tertiary/aromatic N) is 1. The first kappa shape index (κ1) is 18.2. The molecule has 0 radical (unpaired) electrons. The highest BCUT2D eigenvalue weighted by Crippen LogP contribution is 2.28. The first-order chi connectivity index (χ1) is 10.7. The van der Waals surface area contributed by atoms with Crippen LogP contribution in [0.4, 0.5) is 0 Å². The highest BCUT2D eigenvalue weighted by molar-refractivity contribution is 5.89. The number of likely N-dealkylation sites (tertiary alicyclic amines) is 1. The van der Waals surface area contributed by atoms with Crippen LogP contribution < -0.4 is 5.32 Å². The maximum absolute atomic E-state index is 11.6. The number of hydrogen-bond acceptors (Lipinski definition) is 4. The summed E-state index contributed by atoms with van der Waals surface area (Å²) in [7, 11) is 1.43. The van der Waals surface area contributed by atoms with Crippen molar-refractivity contribution in [3.8, 4) is 0 Å². The highest BCUT2D eigenvalue weighted by Gasteiger charge is 2.24. The first-order valence-electron chi connectivity index (χ1n) is 8.37. The minimum absolute atomic E-state index is 0. The Labute approximate surface area is 145 Å². The molecule has 2 aliphatic rings. The van der Waals surface area contributed by atoms with E-state index in [1.54, 1.807) is 0 Å². The molecule has 1 aromatic rings. The van der Waals surface area contributed by atoms with E-state index in [1.165, 1.54) is 44.9 Å². The van der Waals surface area contributed by atoms with E-state index >= 15 is 0 Å². The molecular weight excluding hydrogens is 312 g/mol. The molecule has 1 aliphatic carbocycles. The van der Waals surface area contributed by atoms with Gasteiger partial charge < -0.3 is 10.1 Å². The lowest BCUT2D eigenvalue weighted by Gasteiger charge is -2.32. The Morgan fingerprint density at radius 1 is 1.26 bits per heavy atom. The molecule has 0 bridgehead atoms. The summed E-state index contributed by atoms with van der Waals surface area (Å²) in [5, 5.41) is 3.71. The number of carbonyl (C=O) groups is 1.